The van der Waals surface area contributed by atoms with Crippen molar-refractivity contribution in [1.82, 2.24) is 0 Å². The summed E-state index contributed by atoms with van der Waals surface area (Å²) in [5.41, 5.74) is 0.195. The van der Waals surface area contributed by atoms with Crippen LogP contribution in [-0.4, -0.2) is 34.4 Å². The van der Waals surface area contributed by atoms with Crippen LogP contribution in [0.2, 0.25) is 5.02 Å². The van der Waals surface area contributed by atoms with Crippen LogP contribution in [0.5, 0.6) is 5.75 Å². The van der Waals surface area contributed by atoms with Crippen LogP contribution in [0.3, 0.4) is 0 Å². The Kier molecular flexibility index (Phi) is 4.96. The van der Waals surface area contributed by atoms with Gasteiger partial charge in [-0.25, -0.2) is 22.0 Å². The first-order valence-electron chi connectivity index (χ1n) is 7.57. The number of esters is 1. The number of sulfone groups is 1. The minimum absolute atomic E-state index is 0.0185. The Morgan fingerprint density at radius 3 is 2.44 bits per heavy atom. The van der Waals surface area contributed by atoms with Gasteiger partial charge in [-0.2, -0.15) is 0 Å². The van der Waals surface area contributed by atoms with E-state index < -0.39 is 32.3 Å². The standard InChI is InChI=1S/C18H13ClF2O5S/c1-25-15-4-3-9(5-12(15)19)17-11(8-26-18(17)22)10-6-14(21)16(7-13(10)20)27(2,23)24/h3-7H,8H2,1-2H3. The predicted molar refractivity (Wildman–Crippen MR) is 95.2 cm³/mol. The Hall–Kier alpha value is -2.45. The van der Waals surface area contributed by atoms with E-state index in [2.05, 4.69) is 0 Å². The molecule has 142 valence electrons. The van der Waals surface area contributed by atoms with Gasteiger partial charge in [0.2, 0.25) is 0 Å². The lowest BCUT2D eigenvalue weighted by Crippen LogP contribution is -2.04. The maximum atomic E-state index is 14.5. The third kappa shape index (κ3) is 3.54. The van der Waals surface area contributed by atoms with E-state index in [9.17, 15) is 22.0 Å². The van der Waals surface area contributed by atoms with Gasteiger partial charge in [0.15, 0.2) is 9.84 Å². The van der Waals surface area contributed by atoms with Crippen molar-refractivity contribution in [2.75, 3.05) is 20.0 Å². The van der Waals surface area contributed by atoms with Crippen molar-refractivity contribution < 1.29 is 31.5 Å². The normalized spacial score (nSPS) is 14.5. The zero-order valence-corrected chi connectivity index (χ0v) is 15.7. The SMILES string of the molecule is COc1ccc(C2=C(c3cc(F)c(S(C)(=O)=O)cc3F)COC2=O)cc1Cl. The van der Waals surface area contributed by atoms with Gasteiger partial charge in [0.1, 0.15) is 28.9 Å². The van der Waals surface area contributed by atoms with Crippen LogP contribution in [0.1, 0.15) is 11.1 Å². The molecule has 5 nitrogen and oxygen atoms in total. The van der Waals surface area contributed by atoms with Crippen LogP contribution in [0.15, 0.2) is 35.2 Å². The van der Waals surface area contributed by atoms with E-state index in [1.165, 1.54) is 25.3 Å². The smallest absolute Gasteiger partial charge is 0.339 e. The third-order valence-electron chi connectivity index (χ3n) is 4.04. The molecule has 1 heterocycles. The Labute approximate surface area is 159 Å². The van der Waals surface area contributed by atoms with Gasteiger partial charge in [-0.1, -0.05) is 17.7 Å². The molecule has 0 aliphatic carbocycles. The predicted octanol–water partition coefficient (Wildman–Crippen LogP) is 3.50. The van der Waals surface area contributed by atoms with Crippen molar-refractivity contribution in [3.63, 3.8) is 0 Å². The van der Waals surface area contributed by atoms with Crippen LogP contribution in [0, 0.1) is 11.6 Å². The molecule has 27 heavy (non-hydrogen) atoms. The fourth-order valence-electron chi connectivity index (χ4n) is 2.78. The van der Waals surface area contributed by atoms with Crippen LogP contribution in [-0.2, 0) is 19.4 Å². The van der Waals surface area contributed by atoms with E-state index in [0.29, 0.717) is 17.4 Å². The molecule has 0 bridgehead atoms. The molecule has 0 N–H and O–H groups in total. The number of carbonyl (C=O) groups excluding carboxylic acids is 1. The van der Waals surface area contributed by atoms with Gasteiger partial charge in [0.25, 0.3) is 0 Å². The first-order chi connectivity index (χ1) is 12.6. The summed E-state index contributed by atoms with van der Waals surface area (Å²) >= 11 is 6.08. The number of hydrogen-bond acceptors (Lipinski definition) is 5. The van der Waals surface area contributed by atoms with E-state index in [4.69, 9.17) is 21.1 Å². The minimum atomic E-state index is -3.95. The summed E-state index contributed by atoms with van der Waals surface area (Å²) < 4.78 is 61.9. The number of rotatable bonds is 4. The second kappa shape index (κ2) is 6.94. The summed E-state index contributed by atoms with van der Waals surface area (Å²) in [7, 11) is -2.52. The number of methoxy groups -OCH3 is 1. The van der Waals surface area contributed by atoms with Crippen LogP contribution < -0.4 is 4.74 Å². The summed E-state index contributed by atoms with van der Waals surface area (Å²) in [6, 6.07) is 5.84. The first-order valence-corrected chi connectivity index (χ1v) is 9.84. The van der Waals surface area contributed by atoms with Crippen molar-refractivity contribution in [2.45, 2.75) is 4.90 Å². The molecule has 0 radical (unpaired) electrons. The molecule has 1 aliphatic rings. The average molecular weight is 415 g/mol. The van der Waals surface area contributed by atoms with Crippen molar-refractivity contribution in [2.24, 2.45) is 0 Å². The van der Waals surface area contributed by atoms with Gasteiger partial charge in [0, 0.05) is 17.4 Å². The molecule has 0 fully saturated rings. The van der Waals surface area contributed by atoms with Crippen molar-refractivity contribution in [3.8, 4) is 5.75 Å². The number of benzene rings is 2. The number of hydrogen-bond donors (Lipinski definition) is 0. The van der Waals surface area contributed by atoms with Gasteiger partial charge in [0.05, 0.1) is 17.7 Å². The highest BCUT2D eigenvalue weighted by atomic mass is 35.5. The highest BCUT2D eigenvalue weighted by Gasteiger charge is 2.30. The fraction of sp³-hybridized carbons (Fsp3) is 0.167. The summed E-state index contributed by atoms with van der Waals surface area (Å²) in [5.74, 6) is -2.45. The summed E-state index contributed by atoms with van der Waals surface area (Å²) in [5, 5.41) is 0.223. The second-order valence-corrected chi connectivity index (χ2v) is 8.21. The lowest BCUT2D eigenvalue weighted by Gasteiger charge is -2.10. The highest BCUT2D eigenvalue weighted by molar-refractivity contribution is 7.90. The largest absolute Gasteiger partial charge is 0.495 e. The molecular formula is C18H13ClF2O5S. The van der Waals surface area contributed by atoms with E-state index >= 15 is 0 Å². The van der Waals surface area contributed by atoms with Crippen molar-refractivity contribution >= 4 is 38.6 Å². The van der Waals surface area contributed by atoms with Gasteiger partial charge < -0.3 is 9.47 Å². The molecule has 3 rings (SSSR count). The second-order valence-electron chi connectivity index (χ2n) is 5.81. The van der Waals surface area contributed by atoms with Gasteiger partial charge in [-0.15, -0.1) is 0 Å². The number of halogens is 3. The van der Waals surface area contributed by atoms with Gasteiger partial charge in [-0.3, -0.25) is 0 Å². The Balaban J connectivity index is 2.21. The number of ether oxygens (including phenoxy) is 2. The zero-order chi connectivity index (χ0) is 19.9. The molecule has 2 aromatic carbocycles. The maximum absolute atomic E-state index is 14.5. The lowest BCUT2D eigenvalue weighted by atomic mass is 9.96. The molecule has 0 spiro atoms. The number of carbonyl (C=O) groups is 1. The molecule has 0 saturated carbocycles. The molecule has 0 amide bonds. The first kappa shape index (κ1) is 19.3. The van der Waals surface area contributed by atoms with E-state index in [-0.39, 0.29) is 28.3 Å². The van der Waals surface area contributed by atoms with Crippen LogP contribution in [0.4, 0.5) is 8.78 Å². The van der Waals surface area contributed by atoms with E-state index in [1.54, 1.807) is 0 Å². The molecule has 1 aliphatic heterocycles. The third-order valence-corrected chi connectivity index (χ3v) is 5.45. The maximum Gasteiger partial charge on any atom is 0.339 e. The molecular weight excluding hydrogens is 402 g/mol. The summed E-state index contributed by atoms with van der Waals surface area (Å²) in [4.78, 5) is 11.4. The summed E-state index contributed by atoms with van der Waals surface area (Å²) in [6.45, 7) is -0.285. The molecule has 0 saturated heterocycles. The molecule has 2 aromatic rings. The van der Waals surface area contributed by atoms with Crippen molar-refractivity contribution in [1.29, 1.82) is 0 Å². The molecule has 0 atom stereocenters. The Morgan fingerprint density at radius 2 is 1.85 bits per heavy atom. The Bertz CT molecular complexity index is 1090. The number of cyclic esters (lactones) is 1. The molecule has 9 heteroatoms. The quantitative estimate of drug-likeness (QED) is 0.716. The average Bonchev–Trinajstić information content (AvgIpc) is 2.97. The Morgan fingerprint density at radius 1 is 1.15 bits per heavy atom. The van der Waals surface area contributed by atoms with E-state index in [1.807, 2.05) is 0 Å². The van der Waals surface area contributed by atoms with Crippen LogP contribution >= 0.6 is 11.6 Å². The molecule has 0 unspecified atom stereocenters. The fourth-order valence-corrected chi connectivity index (χ4v) is 3.76. The van der Waals surface area contributed by atoms with Gasteiger partial charge >= 0.3 is 5.97 Å². The lowest BCUT2D eigenvalue weighted by molar-refractivity contribution is -0.133. The topological polar surface area (TPSA) is 69.7 Å². The monoisotopic (exact) mass is 414 g/mol. The van der Waals surface area contributed by atoms with Crippen molar-refractivity contribution in [3.05, 3.63) is 58.1 Å². The molecule has 0 aromatic heterocycles. The highest BCUT2D eigenvalue weighted by Crippen LogP contribution is 2.37. The van der Waals surface area contributed by atoms with Crippen LogP contribution in [0.25, 0.3) is 11.1 Å². The van der Waals surface area contributed by atoms with Gasteiger partial charge in [-0.05, 0) is 29.8 Å². The minimum Gasteiger partial charge on any atom is -0.495 e. The van der Waals surface area contributed by atoms with E-state index in [0.717, 1.165) is 12.3 Å². The summed E-state index contributed by atoms with van der Waals surface area (Å²) in [6.07, 6.45) is 0.775. The zero-order valence-electron chi connectivity index (χ0n) is 14.2.